The molecule has 0 bridgehead atoms. The Labute approximate surface area is 86.4 Å². The lowest BCUT2D eigenvalue weighted by Gasteiger charge is -2.37. The molecule has 0 aromatic carbocycles. The Hall–Kier alpha value is -0.570. The number of rotatable bonds is 3. The van der Waals surface area contributed by atoms with Gasteiger partial charge in [-0.2, -0.15) is 0 Å². The van der Waals surface area contributed by atoms with Gasteiger partial charge >= 0.3 is 5.97 Å². The van der Waals surface area contributed by atoms with Crippen LogP contribution in [-0.2, 0) is 9.53 Å². The second-order valence-electron chi connectivity index (χ2n) is 4.55. The number of esters is 1. The van der Waals surface area contributed by atoms with Gasteiger partial charge in [0.1, 0.15) is 11.6 Å². The predicted octanol–water partition coefficient (Wildman–Crippen LogP) is 1.67. The van der Waals surface area contributed by atoms with E-state index >= 15 is 0 Å². The van der Waals surface area contributed by atoms with Crippen molar-refractivity contribution in [2.45, 2.75) is 45.3 Å². The molecule has 0 aromatic rings. The third-order valence-corrected chi connectivity index (χ3v) is 3.49. The first-order chi connectivity index (χ1) is 6.45. The molecule has 3 heteroatoms. The molecule has 3 unspecified atom stereocenters. The molecule has 1 rings (SSSR count). The zero-order valence-corrected chi connectivity index (χ0v) is 9.83. The Balaban J connectivity index is 2.99. The maximum atomic E-state index is 11.9. The van der Waals surface area contributed by atoms with Gasteiger partial charge in [-0.25, -0.2) is 0 Å². The predicted molar refractivity (Wildman–Crippen MR) is 56.0 cm³/mol. The van der Waals surface area contributed by atoms with E-state index in [1.807, 2.05) is 25.9 Å². The van der Waals surface area contributed by atoms with E-state index in [9.17, 15) is 4.79 Å². The van der Waals surface area contributed by atoms with Crippen LogP contribution in [0.4, 0.5) is 0 Å². The summed E-state index contributed by atoms with van der Waals surface area (Å²) in [4.78, 5) is 13.9. The highest BCUT2D eigenvalue weighted by atomic mass is 16.6. The summed E-state index contributed by atoms with van der Waals surface area (Å²) in [6.45, 7) is 6.21. The van der Waals surface area contributed by atoms with Crippen molar-refractivity contribution in [3.8, 4) is 0 Å². The summed E-state index contributed by atoms with van der Waals surface area (Å²) in [5.74, 6) is 0.291. The maximum absolute atomic E-state index is 11.9. The summed E-state index contributed by atoms with van der Waals surface area (Å²) in [7, 11) is 3.93. The average molecular weight is 199 g/mol. The van der Waals surface area contributed by atoms with E-state index in [0.29, 0.717) is 5.92 Å². The number of nitrogens with zero attached hydrogens (tertiary/aromatic N) is 1. The van der Waals surface area contributed by atoms with Gasteiger partial charge in [-0.05, 0) is 26.9 Å². The van der Waals surface area contributed by atoms with Crippen molar-refractivity contribution in [1.82, 2.24) is 4.90 Å². The topological polar surface area (TPSA) is 29.5 Å². The van der Waals surface area contributed by atoms with E-state index < -0.39 is 5.54 Å². The molecular formula is C11H21NO2. The number of ether oxygens (including phenoxy) is 1. The quantitative estimate of drug-likeness (QED) is 0.647. The molecule has 3 nitrogen and oxygen atoms in total. The summed E-state index contributed by atoms with van der Waals surface area (Å²) in [6, 6.07) is 0. The highest BCUT2D eigenvalue weighted by molar-refractivity contribution is 5.83. The molecule has 1 saturated heterocycles. The molecule has 1 fully saturated rings. The highest BCUT2D eigenvalue weighted by Gasteiger charge is 2.52. The van der Waals surface area contributed by atoms with E-state index in [1.165, 1.54) is 0 Å². The number of cyclic esters (lactones) is 1. The summed E-state index contributed by atoms with van der Waals surface area (Å²) in [5.41, 5.74) is -0.395. The van der Waals surface area contributed by atoms with Crippen LogP contribution in [0.1, 0.15) is 33.6 Å². The van der Waals surface area contributed by atoms with E-state index in [0.717, 1.165) is 12.8 Å². The Bertz CT molecular complexity index is 227. The van der Waals surface area contributed by atoms with Crippen LogP contribution < -0.4 is 0 Å². The largest absolute Gasteiger partial charge is 0.461 e. The molecular weight excluding hydrogens is 178 g/mol. The monoisotopic (exact) mass is 199 g/mol. The minimum Gasteiger partial charge on any atom is -0.461 e. The molecule has 0 saturated carbocycles. The van der Waals surface area contributed by atoms with Gasteiger partial charge < -0.3 is 4.74 Å². The van der Waals surface area contributed by atoms with Crippen molar-refractivity contribution in [3.05, 3.63) is 0 Å². The van der Waals surface area contributed by atoms with Crippen LogP contribution in [-0.4, -0.2) is 36.6 Å². The van der Waals surface area contributed by atoms with Crippen LogP contribution >= 0.6 is 0 Å². The first-order valence-electron chi connectivity index (χ1n) is 5.33. The van der Waals surface area contributed by atoms with E-state index in [-0.39, 0.29) is 12.1 Å². The van der Waals surface area contributed by atoms with Crippen molar-refractivity contribution >= 4 is 5.97 Å². The molecule has 3 atom stereocenters. The van der Waals surface area contributed by atoms with Gasteiger partial charge in [-0.3, -0.25) is 9.69 Å². The molecule has 0 aromatic heterocycles. The molecule has 0 radical (unpaired) electrons. The van der Waals surface area contributed by atoms with Crippen molar-refractivity contribution in [2.75, 3.05) is 14.1 Å². The van der Waals surface area contributed by atoms with Gasteiger partial charge in [-0.15, -0.1) is 0 Å². The number of carbonyl (C=O) groups is 1. The lowest BCUT2D eigenvalue weighted by Crippen LogP contribution is -2.53. The SMILES string of the molecule is CCC(C)C1(N(C)C)CC(C)OC1=O. The third kappa shape index (κ3) is 1.54. The van der Waals surface area contributed by atoms with Crippen molar-refractivity contribution in [2.24, 2.45) is 5.92 Å². The summed E-state index contributed by atoms with van der Waals surface area (Å²) >= 11 is 0. The highest BCUT2D eigenvalue weighted by Crippen LogP contribution is 2.37. The van der Waals surface area contributed by atoms with Crippen LogP contribution in [0, 0.1) is 5.92 Å². The molecule has 0 spiro atoms. The minimum absolute atomic E-state index is 0.0515. The fourth-order valence-electron chi connectivity index (χ4n) is 2.39. The third-order valence-electron chi connectivity index (χ3n) is 3.49. The van der Waals surface area contributed by atoms with Crippen LogP contribution in [0.3, 0.4) is 0 Å². The minimum atomic E-state index is -0.395. The zero-order chi connectivity index (χ0) is 10.9. The molecule has 14 heavy (non-hydrogen) atoms. The summed E-state index contributed by atoms with van der Waals surface area (Å²) < 4.78 is 5.28. The molecule has 1 aliphatic heterocycles. The van der Waals surface area contributed by atoms with Crippen molar-refractivity contribution in [3.63, 3.8) is 0 Å². The molecule has 0 aliphatic carbocycles. The van der Waals surface area contributed by atoms with E-state index in [1.54, 1.807) is 0 Å². The Morgan fingerprint density at radius 3 is 2.50 bits per heavy atom. The normalized spacial score (nSPS) is 34.7. The Morgan fingerprint density at radius 2 is 2.21 bits per heavy atom. The molecule has 1 aliphatic rings. The second-order valence-corrected chi connectivity index (χ2v) is 4.55. The van der Waals surface area contributed by atoms with Gasteiger partial charge in [0, 0.05) is 6.42 Å². The van der Waals surface area contributed by atoms with Crippen LogP contribution in [0.15, 0.2) is 0 Å². The first-order valence-corrected chi connectivity index (χ1v) is 5.33. The van der Waals surface area contributed by atoms with Crippen LogP contribution in [0.5, 0.6) is 0 Å². The molecule has 0 N–H and O–H groups in total. The number of hydrogen-bond donors (Lipinski definition) is 0. The Morgan fingerprint density at radius 1 is 1.64 bits per heavy atom. The second kappa shape index (κ2) is 3.89. The summed E-state index contributed by atoms with van der Waals surface area (Å²) in [6.07, 6.45) is 1.87. The molecule has 0 amide bonds. The van der Waals surface area contributed by atoms with Crippen LogP contribution in [0.25, 0.3) is 0 Å². The molecule has 1 heterocycles. The van der Waals surface area contributed by atoms with Crippen LogP contribution in [0.2, 0.25) is 0 Å². The van der Waals surface area contributed by atoms with E-state index in [4.69, 9.17) is 4.74 Å². The average Bonchev–Trinajstić information content (AvgIpc) is 2.41. The fraction of sp³-hybridized carbons (Fsp3) is 0.909. The lowest BCUT2D eigenvalue weighted by molar-refractivity contribution is -0.151. The van der Waals surface area contributed by atoms with Gasteiger partial charge in [-0.1, -0.05) is 20.3 Å². The standard InChI is InChI=1S/C11H21NO2/c1-6-8(2)11(12(4)5)7-9(3)14-10(11)13/h8-9H,6-7H2,1-5H3. The van der Waals surface area contributed by atoms with E-state index in [2.05, 4.69) is 13.8 Å². The number of likely N-dealkylation sites (N-methyl/N-ethyl adjacent to an activating group) is 1. The molecule has 82 valence electrons. The zero-order valence-electron chi connectivity index (χ0n) is 9.83. The lowest BCUT2D eigenvalue weighted by atomic mass is 9.80. The van der Waals surface area contributed by atoms with Crippen molar-refractivity contribution < 1.29 is 9.53 Å². The summed E-state index contributed by atoms with van der Waals surface area (Å²) in [5, 5.41) is 0. The fourth-order valence-corrected chi connectivity index (χ4v) is 2.39. The maximum Gasteiger partial charge on any atom is 0.327 e. The van der Waals surface area contributed by atoms with Gasteiger partial charge in [0.15, 0.2) is 0 Å². The number of hydrogen-bond acceptors (Lipinski definition) is 3. The van der Waals surface area contributed by atoms with Gasteiger partial charge in [0.25, 0.3) is 0 Å². The van der Waals surface area contributed by atoms with Crippen molar-refractivity contribution in [1.29, 1.82) is 0 Å². The first kappa shape index (κ1) is 11.5. The number of carbonyl (C=O) groups excluding carboxylic acids is 1. The Kier molecular flexibility index (Phi) is 3.20. The smallest absolute Gasteiger partial charge is 0.327 e. The van der Waals surface area contributed by atoms with Gasteiger partial charge in [0.2, 0.25) is 0 Å². The van der Waals surface area contributed by atoms with Gasteiger partial charge in [0.05, 0.1) is 0 Å².